The SMILES string of the molecule is Cc1cc(C)cc(Oc2cccc(-c3c(-c4ccc(C(F)(F)F)cc4)ncn3C3CCN(CCN)CC3)n2)c1. The highest BCUT2D eigenvalue weighted by Gasteiger charge is 2.31. The number of benzene rings is 2. The van der Waals surface area contributed by atoms with Gasteiger partial charge in [-0.3, -0.25) is 0 Å². The molecule has 1 saturated heterocycles. The summed E-state index contributed by atoms with van der Waals surface area (Å²) in [4.78, 5) is 11.9. The fourth-order valence-corrected chi connectivity index (χ4v) is 5.24. The third kappa shape index (κ3) is 6.15. The number of imidazole rings is 1. The number of nitrogens with two attached hydrogens (primary N) is 1. The molecule has 1 aliphatic heterocycles. The van der Waals surface area contributed by atoms with E-state index >= 15 is 0 Å². The lowest BCUT2D eigenvalue weighted by molar-refractivity contribution is -0.137. The van der Waals surface area contributed by atoms with E-state index in [1.54, 1.807) is 12.4 Å². The zero-order valence-corrected chi connectivity index (χ0v) is 22.1. The molecule has 2 N–H and O–H groups in total. The van der Waals surface area contributed by atoms with Crippen LogP contribution in [0.15, 0.2) is 67.0 Å². The third-order valence-electron chi connectivity index (χ3n) is 7.06. The summed E-state index contributed by atoms with van der Waals surface area (Å²) in [5, 5.41) is 0. The van der Waals surface area contributed by atoms with Crippen molar-refractivity contribution in [2.24, 2.45) is 5.73 Å². The maximum atomic E-state index is 13.2. The number of halogens is 3. The molecule has 6 nitrogen and oxygen atoms in total. The zero-order valence-electron chi connectivity index (χ0n) is 22.1. The fraction of sp³-hybridized carbons (Fsp3) is 0.333. The molecule has 39 heavy (non-hydrogen) atoms. The highest BCUT2D eigenvalue weighted by atomic mass is 19.4. The van der Waals surface area contributed by atoms with E-state index < -0.39 is 11.7 Å². The van der Waals surface area contributed by atoms with Gasteiger partial charge in [-0.2, -0.15) is 13.2 Å². The Bertz CT molecular complexity index is 1400. The molecule has 0 aliphatic carbocycles. The normalized spacial score (nSPS) is 15.0. The van der Waals surface area contributed by atoms with E-state index in [1.165, 1.54) is 12.1 Å². The van der Waals surface area contributed by atoms with Crippen molar-refractivity contribution in [1.29, 1.82) is 0 Å². The molecule has 3 heterocycles. The molecule has 204 valence electrons. The van der Waals surface area contributed by atoms with Gasteiger partial charge in [-0.05, 0) is 68.1 Å². The standard InChI is InChI=1S/C30H32F3N5O/c1-20-16-21(2)18-25(17-20)39-27-5-3-4-26(36-27)29-28(22-6-8-23(9-7-22)30(31,32)33)35-19-38(29)24-10-13-37(14-11-24)15-12-34/h3-9,16-19,24H,10-15,34H2,1-2H3. The molecule has 2 aromatic carbocycles. The molecule has 0 bridgehead atoms. The summed E-state index contributed by atoms with van der Waals surface area (Å²) in [5.74, 6) is 1.13. The maximum Gasteiger partial charge on any atom is 0.416 e. The second kappa shape index (κ2) is 11.2. The maximum absolute atomic E-state index is 13.2. The Morgan fingerprint density at radius 2 is 1.67 bits per heavy atom. The van der Waals surface area contributed by atoms with Crippen molar-refractivity contribution in [2.75, 3.05) is 26.2 Å². The largest absolute Gasteiger partial charge is 0.439 e. The molecule has 0 atom stereocenters. The number of likely N-dealkylation sites (tertiary alicyclic amines) is 1. The molecule has 5 rings (SSSR count). The monoisotopic (exact) mass is 535 g/mol. The average molecular weight is 536 g/mol. The molecule has 0 amide bonds. The highest BCUT2D eigenvalue weighted by Crippen LogP contribution is 2.37. The number of ether oxygens (including phenoxy) is 1. The summed E-state index contributed by atoms with van der Waals surface area (Å²) >= 11 is 0. The quantitative estimate of drug-likeness (QED) is 0.288. The van der Waals surface area contributed by atoms with Crippen LogP contribution in [0.3, 0.4) is 0 Å². The lowest BCUT2D eigenvalue weighted by Gasteiger charge is -2.33. The Morgan fingerprint density at radius 3 is 2.31 bits per heavy atom. The molecular weight excluding hydrogens is 503 g/mol. The van der Waals surface area contributed by atoms with Gasteiger partial charge in [0.05, 0.1) is 29.0 Å². The molecule has 9 heteroatoms. The van der Waals surface area contributed by atoms with Gasteiger partial charge in [0, 0.05) is 43.9 Å². The van der Waals surface area contributed by atoms with Gasteiger partial charge in [0.25, 0.3) is 0 Å². The molecule has 0 spiro atoms. The van der Waals surface area contributed by atoms with Crippen LogP contribution in [0.4, 0.5) is 13.2 Å². The first-order chi connectivity index (χ1) is 18.7. The number of nitrogens with zero attached hydrogens (tertiary/aromatic N) is 4. The number of aromatic nitrogens is 3. The molecule has 0 unspecified atom stereocenters. The number of hydrogen-bond acceptors (Lipinski definition) is 5. The third-order valence-corrected chi connectivity index (χ3v) is 7.06. The van der Waals surface area contributed by atoms with Gasteiger partial charge in [-0.25, -0.2) is 9.97 Å². The minimum atomic E-state index is -4.40. The Hall–Kier alpha value is -3.69. The van der Waals surface area contributed by atoms with E-state index in [0.29, 0.717) is 35.1 Å². The molecule has 4 aromatic rings. The number of piperidine rings is 1. The van der Waals surface area contributed by atoms with Crippen molar-refractivity contribution in [3.05, 3.63) is 83.7 Å². The van der Waals surface area contributed by atoms with Crippen LogP contribution in [-0.2, 0) is 6.18 Å². The van der Waals surface area contributed by atoms with Crippen LogP contribution in [-0.4, -0.2) is 45.6 Å². The first kappa shape index (κ1) is 26.9. The Kier molecular flexibility index (Phi) is 7.72. The number of aryl methyl sites for hydroxylation is 2. The lowest BCUT2D eigenvalue weighted by Crippen LogP contribution is -2.37. The van der Waals surface area contributed by atoms with E-state index in [0.717, 1.165) is 61.4 Å². The number of hydrogen-bond donors (Lipinski definition) is 1. The first-order valence-corrected chi connectivity index (χ1v) is 13.1. The fourth-order valence-electron chi connectivity index (χ4n) is 5.24. The van der Waals surface area contributed by atoms with E-state index in [4.69, 9.17) is 15.5 Å². The van der Waals surface area contributed by atoms with Crippen molar-refractivity contribution < 1.29 is 17.9 Å². The van der Waals surface area contributed by atoms with Crippen LogP contribution in [0.2, 0.25) is 0 Å². The smallest absolute Gasteiger partial charge is 0.416 e. The first-order valence-electron chi connectivity index (χ1n) is 13.1. The predicted molar refractivity (Wildman–Crippen MR) is 146 cm³/mol. The summed E-state index contributed by atoms with van der Waals surface area (Å²) in [6.07, 6.45) is -0.798. The Balaban J connectivity index is 1.53. The van der Waals surface area contributed by atoms with Crippen molar-refractivity contribution >= 4 is 0 Å². The molecular formula is C30H32F3N5O. The Morgan fingerprint density at radius 1 is 0.974 bits per heavy atom. The van der Waals surface area contributed by atoms with Crippen molar-refractivity contribution in [2.45, 2.75) is 38.9 Å². The zero-order chi connectivity index (χ0) is 27.6. The van der Waals surface area contributed by atoms with Crippen molar-refractivity contribution in [1.82, 2.24) is 19.4 Å². The second-order valence-electron chi connectivity index (χ2n) is 10.1. The van der Waals surface area contributed by atoms with Gasteiger partial charge in [0.1, 0.15) is 5.75 Å². The minimum Gasteiger partial charge on any atom is -0.439 e. The minimum absolute atomic E-state index is 0.176. The van der Waals surface area contributed by atoms with Crippen molar-refractivity contribution in [3.8, 4) is 34.3 Å². The summed E-state index contributed by atoms with van der Waals surface area (Å²) in [5.41, 5.74) is 9.82. The van der Waals surface area contributed by atoms with Gasteiger partial charge in [0.2, 0.25) is 5.88 Å². The van der Waals surface area contributed by atoms with Gasteiger partial charge in [-0.1, -0.05) is 24.3 Å². The van der Waals surface area contributed by atoms with Crippen LogP contribution in [0.1, 0.15) is 35.6 Å². The van der Waals surface area contributed by atoms with E-state index in [9.17, 15) is 13.2 Å². The molecule has 0 radical (unpaired) electrons. The van der Waals surface area contributed by atoms with Crippen LogP contribution >= 0.6 is 0 Å². The van der Waals surface area contributed by atoms with E-state index in [-0.39, 0.29) is 6.04 Å². The number of pyridine rings is 1. The molecule has 2 aromatic heterocycles. The predicted octanol–water partition coefficient (Wildman–Crippen LogP) is 6.64. The van der Waals surface area contributed by atoms with E-state index in [1.807, 2.05) is 38.1 Å². The van der Waals surface area contributed by atoms with Crippen LogP contribution in [0.25, 0.3) is 22.6 Å². The van der Waals surface area contributed by atoms with E-state index in [2.05, 4.69) is 20.5 Å². The van der Waals surface area contributed by atoms with Crippen LogP contribution in [0, 0.1) is 13.8 Å². The summed E-state index contributed by atoms with van der Waals surface area (Å²) < 4.78 is 47.9. The van der Waals surface area contributed by atoms with Gasteiger partial charge >= 0.3 is 6.18 Å². The summed E-state index contributed by atoms with van der Waals surface area (Å²) in [6.45, 7) is 7.33. The van der Waals surface area contributed by atoms with Crippen LogP contribution in [0.5, 0.6) is 11.6 Å². The summed E-state index contributed by atoms with van der Waals surface area (Å²) in [7, 11) is 0. The number of alkyl halides is 3. The second-order valence-corrected chi connectivity index (χ2v) is 10.1. The van der Waals surface area contributed by atoms with Gasteiger partial charge in [0.15, 0.2) is 0 Å². The topological polar surface area (TPSA) is 69.2 Å². The average Bonchev–Trinajstić information content (AvgIpc) is 3.34. The highest BCUT2D eigenvalue weighted by molar-refractivity contribution is 5.77. The van der Waals surface area contributed by atoms with Gasteiger partial charge < -0.3 is 19.9 Å². The molecule has 1 fully saturated rings. The molecule has 1 aliphatic rings. The Labute approximate surface area is 226 Å². The lowest BCUT2D eigenvalue weighted by atomic mass is 10.0. The molecule has 0 saturated carbocycles. The summed E-state index contributed by atoms with van der Waals surface area (Å²) in [6, 6.07) is 16.8. The number of rotatable bonds is 7. The van der Waals surface area contributed by atoms with Gasteiger partial charge in [-0.15, -0.1) is 0 Å². The van der Waals surface area contributed by atoms with Crippen LogP contribution < -0.4 is 10.5 Å². The van der Waals surface area contributed by atoms with Crippen molar-refractivity contribution in [3.63, 3.8) is 0 Å².